The lowest BCUT2D eigenvalue weighted by molar-refractivity contribution is 0.1000. The normalized spacial score (nSPS) is 10.8. The van der Waals surface area contributed by atoms with Crippen molar-refractivity contribution in [3.8, 4) is 28.2 Å². The van der Waals surface area contributed by atoms with Crippen molar-refractivity contribution >= 4 is 17.0 Å². The molecule has 0 unspecified atom stereocenters. The summed E-state index contributed by atoms with van der Waals surface area (Å²) in [6.45, 7) is 0. The lowest BCUT2D eigenvalue weighted by atomic mass is 10.1. The number of ether oxygens (including phenoxy) is 1. The van der Waals surface area contributed by atoms with Crippen LogP contribution in [0.5, 0.6) is 5.75 Å². The van der Waals surface area contributed by atoms with Crippen molar-refractivity contribution in [3.63, 3.8) is 0 Å². The van der Waals surface area contributed by atoms with Gasteiger partial charge in [-0.2, -0.15) is 0 Å². The number of primary amides is 1. The summed E-state index contributed by atoms with van der Waals surface area (Å²) >= 11 is 0. The molecule has 0 fully saturated rings. The third kappa shape index (κ3) is 2.80. The molecule has 0 saturated heterocycles. The molecule has 0 saturated carbocycles. The van der Waals surface area contributed by atoms with Gasteiger partial charge in [-0.3, -0.25) is 9.78 Å². The number of hydrogen-bond donors (Lipinski definition) is 1. The molecule has 4 aromatic rings. The Bertz CT molecular complexity index is 1100. The number of furan rings is 1. The summed E-state index contributed by atoms with van der Waals surface area (Å²) in [5.41, 5.74) is 9.92. The van der Waals surface area contributed by atoms with Crippen LogP contribution in [0.1, 0.15) is 10.4 Å². The molecule has 4 rings (SSSR count). The van der Waals surface area contributed by atoms with Crippen molar-refractivity contribution in [1.82, 2.24) is 4.98 Å². The molecule has 26 heavy (non-hydrogen) atoms. The van der Waals surface area contributed by atoms with E-state index < -0.39 is 5.91 Å². The van der Waals surface area contributed by atoms with E-state index in [1.54, 1.807) is 24.4 Å². The molecule has 0 radical (unpaired) electrons. The Morgan fingerprint density at radius 3 is 2.58 bits per heavy atom. The van der Waals surface area contributed by atoms with Crippen LogP contribution in [0.15, 0.2) is 71.3 Å². The Labute approximate surface area is 150 Å². The number of pyridine rings is 1. The second-order valence-electron chi connectivity index (χ2n) is 5.86. The van der Waals surface area contributed by atoms with E-state index in [-0.39, 0.29) is 0 Å². The van der Waals surface area contributed by atoms with Crippen LogP contribution in [0, 0.1) is 0 Å². The Morgan fingerprint density at radius 1 is 1.04 bits per heavy atom. The number of hydrogen-bond acceptors (Lipinski definition) is 4. The third-order valence-electron chi connectivity index (χ3n) is 4.21. The molecular formula is C21H16N2O3. The number of nitrogens with two attached hydrogens (primary N) is 1. The molecule has 5 nitrogen and oxygen atoms in total. The highest BCUT2D eigenvalue weighted by Gasteiger charge is 2.14. The fourth-order valence-electron chi connectivity index (χ4n) is 2.93. The summed E-state index contributed by atoms with van der Waals surface area (Å²) in [6, 6.07) is 18.8. The molecule has 0 spiro atoms. The Kier molecular flexibility index (Phi) is 3.89. The van der Waals surface area contributed by atoms with Gasteiger partial charge in [0.25, 0.3) is 0 Å². The van der Waals surface area contributed by atoms with E-state index in [0.29, 0.717) is 28.2 Å². The van der Waals surface area contributed by atoms with Gasteiger partial charge < -0.3 is 14.9 Å². The molecule has 1 amide bonds. The molecule has 2 aromatic heterocycles. The van der Waals surface area contributed by atoms with Crippen molar-refractivity contribution in [2.75, 3.05) is 7.11 Å². The largest absolute Gasteiger partial charge is 0.497 e. The number of amides is 1. The van der Waals surface area contributed by atoms with E-state index in [0.717, 1.165) is 16.6 Å². The van der Waals surface area contributed by atoms with Crippen molar-refractivity contribution in [2.45, 2.75) is 0 Å². The van der Waals surface area contributed by atoms with Gasteiger partial charge in [0, 0.05) is 29.0 Å². The summed E-state index contributed by atoms with van der Waals surface area (Å²) in [6.07, 6.45) is 1.75. The Hall–Kier alpha value is -3.60. The van der Waals surface area contributed by atoms with Crippen molar-refractivity contribution in [2.24, 2.45) is 5.73 Å². The second kappa shape index (κ2) is 6.37. The minimum Gasteiger partial charge on any atom is -0.497 e. The highest BCUT2D eigenvalue weighted by molar-refractivity contribution is 5.96. The molecule has 5 heteroatoms. The lowest BCUT2D eigenvalue weighted by Gasteiger charge is -2.05. The SMILES string of the molecule is COc1cc(C(N)=O)cc(-c2cc3nccc(-c4ccccc4)c3o2)c1. The summed E-state index contributed by atoms with van der Waals surface area (Å²) < 4.78 is 11.4. The van der Waals surface area contributed by atoms with Crippen LogP contribution in [0.4, 0.5) is 0 Å². The number of carbonyl (C=O) groups excluding carboxylic acids is 1. The number of methoxy groups -OCH3 is 1. The fourth-order valence-corrected chi connectivity index (χ4v) is 2.93. The highest BCUT2D eigenvalue weighted by atomic mass is 16.5. The monoisotopic (exact) mass is 344 g/mol. The molecule has 128 valence electrons. The van der Waals surface area contributed by atoms with Crippen LogP contribution in [0.25, 0.3) is 33.6 Å². The highest BCUT2D eigenvalue weighted by Crippen LogP contribution is 2.35. The van der Waals surface area contributed by atoms with E-state index >= 15 is 0 Å². The Balaban J connectivity index is 1.89. The van der Waals surface area contributed by atoms with Crippen LogP contribution in [-0.4, -0.2) is 18.0 Å². The maximum absolute atomic E-state index is 11.6. The van der Waals surface area contributed by atoms with Gasteiger partial charge in [-0.25, -0.2) is 0 Å². The molecule has 2 heterocycles. The summed E-state index contributed by atoms with van der Waals surface area (Å²) in [5, 5.41) is 0. The molecule has 0 aliphatic rings. The smallest absolute Gasteiger partial charge is 0.248 e. The molecule has 2 aromatic carbocycles. The standard InChI is InChI=1S/C21H16N2O3/c1-25-16-10-14(9-15(11-16)21(22)24)19-12-18-20(26-19)17(7-8-23-18)13-5-3-2-4-6-13/h2-12H,1H3,(H2,22,24). The van der Waals surface area contributed by atoms with Crippen LogP contribution in [-0.2, 0) is 0 Å². The lowest BCUT2D eigenvalue weighted by Crippen LogP contribution is -2.11. The maximum atomic E-state index is 11.6. The summed E-state index contributed by atoms with van der Waals surface area (Å²) in [7, 11) is 1.54. The maximum Gasteiger partial charge on any atom is 0.248 e. The van der Waals surface area contributed by atoms with Gasteiger partial charge in [-0.05, 0) is 29.8 Å². The summed E-state index contributed by atoms with van der Waals surface area (Å²) in [5.74, 6) is 0.606. The van der Waals surface area contributed by atoms with Crippen LogP contribution >= 0.6 is 0 Å². The van der Waals surface area contributed by atoms with Crippen molar-refractivity contribution in [1.29, 1.82) is 0 Å². The molecule has 0 bridgehead atoms. The minimum atomic E-state index is -0.524. The molecular weight excluding hydrogens is 328 g/mol. The predicted octanol–water partition coefficient (Wildman–Crippen LogP) is 4.27. The summed E-state index contributed by atoms with van der Waals surface area (Å²) in [4.78, 5) is 16.0. The van der Waals surface area contributed by atoms with E-state index in [2.05, 4.69) is 4.98 Å². The first-order chi connectivity index (χ1) is 12.7. The zero-order chi connectivity index (χ0) is 18.1. The first-order valence-corrected chi connectivity index (χ1v) is 8.09. The number of carbonyl (C=O) groups is 1. The number of aromatic nitrogens is 1. The van der Waals surface area contributed by atoms with E-state index in [1.165, 1.54) is 7.11 Å². The third-order valence-corrected chi connectivity index (χ3v) is 4.21. The van der Waals surface area contributed by atoms with Gasteiger partial charge in [0.1, 0.15) is 17.0 Å². The van der Waals surface area contributed by atoms with Gasteiger partial charge in [0.05, 0.1) is 7.11 Å². The Morgan fingerprint density at radius 2 is 1.85 bits per heavy atom. The number of rotatable bonds is 4. The van der Waals surface area contributed by atoms with Crippen LogP contribution < -0.4 is 10.5 Å². The topological polar surface area (TPSA) is 78.4 Å². The fraction of sp³-hybridized carbons (Fsp3) is 0.0476. The minimum absolute atomic E-state index is 0.357. The predicted molar refractivity (Wildman–Crippen MR) is 100.0 cm³/mol. The molecule has 0 aliphatic heterocycles. The van der Waals surface area contributed by atoms with Gasteiger partial charge in [-0.15, -0.1) is 0 Å². The molecule has 2 N–H and O–H groups in total. The first-order valence-electron chi connectivity index (χ1n) is 8.09. The van der Waals surface area contributed by atoms with E-state index in [1.807, 2.05) is 42.5 Å². The average Bonchev–Trinajstić information content (AvgIpc) is 3.12. The van der Waals surface area contributed by atoms with E-state index in [4.69, 9.17) is 14.9 Å². The van der Waals surface area contributed by atoms with Gasteiger partial charge in [-0.1, -0.05) is 30.3 Å². The second-order valence-corrected chi connectivity index (χ2v) is 5.86. The van der Waals surface area contributed by atoms with Gasteiger partial charge in [0.15, 0.2) is 5.58 Å². The zero-order valence-corrected chi connectivity index (χ0v) is 14.1. The molecule has 0 aliphatic carbocycles. The van der Waals surface area contributed by atoms with Crippen LogP contribution in [0.2, 0.25) is 0 Å². The van der Waals surface area contributed by atoms with Crippen molar-refractivity contribution < 1.29 is 13.9 Å². The van der Waals surface area contributed by atoms with E-state index in [9.17, 15) is 4.79 Å². The number of fused-ring (bicyclic) bond motifs is 1. The van der Waals surface area contributed by atoms with Gasteiger partial charge in [0.2, 0.25) is 5.91 Å². The zero-order valence-electron chi connectivity index (χ0n) is 14.1. The first kappa shape index (κ1) is 15.9. The average molecular weight is 344 g/mol. The van der Waals surface area contributed by atoms with Crippen LogP contribution in [0.3, 0.4) is 0 Å². The quantitative estimate of drug-likeness (QED) is 0.600. The number of nitrogens with zero attached hydrogens (tertiary/aromatic N) is 1. The molecule has 0 atom stereocenters. The number of benzene rings is 2. The van der Waals surface area contributed by atoms with Crippen molar-refractivity contribution in [3.05, 3.63) is 72.4 Å². The van der Waals surface area contributed by atoms with Gasteiger partial charge >= 0.3 is 0 Å².